The minimum atomic E-state index is 0.0689. The first-order valence-corrected chi connectivity index (χ1v) is 12.0. The van der Waals surface area contributed by atoms with Gasteiger partial charge in [0.05, 0.1) is 26.5 Å². The molecule has 158 valence electrons. The molecule has 3 heterocycles. The molecule has 1 N–H and O–H groups in total. The summed E-state index contributed by atoms with van der Waals surface area (Å²) >= 11 is 3.16. The van der Waals surface area contributed by atoms with E-state index in [0.717, 1.165) is 57.5 Å². The monoisotopic (exact) mass is 442 g/mol. The zero-order valence-corrected chi connectivity index (χ0v) is 18.7. The third kappa shape index (κ3) is 4.88. The third-order valence-electron chi connectivity index (χ3n) is 5.20. The van der Waals surface area contributed by atoms with Gasteiger partial charge in [-0.15, -0.1) is 22.7 Å². The Hall–Kier alpha value is -2.29. The van der Waals surface area contributed by atoms with Crippen LogP contribution in [0.3, 0.4) is 0 Å². The summed E-state index contributed by atoms with van der Waals surface area (Å²) in [4.78, 5) is 35.4. The number of nitrogens with one attached hydrogen (secondary N) is 1. The van der Waals surface area contributed by atoms with Gasteiger partial charge in [0.1, 0.15) is 5.01 Å². The molecular weight excluding hydrogens is 416 g/mol. The SMILES string of the molecule is CCCCNC(=O)CN1CCN(C(=O)c2ccc(-c3nc4ccccc4s3)s2)CC1. The lowest BCUT2D eigenvalue weighted by atomic mass is 10.3. The van der Waals surface area contributed by atoms with E-state index in [1.54, 1.807) is 11.3 Å². The Bertz CT molecular complexity index is 988. The molecule has 0 aliphatic carbocycles. The van der Waals surface area contributed by atoms with Crippen LogP contribution in [0.1, 0.15) is 29.4 Å². The normalized spacial score (nSPS) is 14.9. The van der Waals surface area contributed by atoms with Crippen LogP contribution in [-0.2, 0) is 4.79 Å². The number of unbranched alkanes of at least 4 members (excludes halogenated alkanes) is 1. The highest BCUT2D eigenvalue weighted by atomic mass is 32.1. The number of nitrogens with zero attached hydrogens (tertiary/aromatic N) is 3. The highest BCUT2D eigenvalue weighted by Gasteiger charge is 2.24. The number of thiazole rings is 1. The predicted octanol–water partition coefficient (Wildman–Crippen LogP) is 3.70. The molecule has 1 aromatic carbocycles. The number of fused-ring (bicyclic) bond motifs is 1. The number of aromatic nitrogens is 1. The number of para-hydroxylation sites is 1. The third-order valence-corrected chi connectivity index (χ3v) is 7.48. The van der Waals surface area contributed by atoms with E-state index in [4.69, 9.17) is 4.98 Å². The van der Waals surface area contributed by atoms with Gasteiger partial charge in [-0.25, -0.2) is 4.98 Å². The van der Waals surface area contributed by atoms with Gasteiger partial charge in [0.25, 0.3) is 5.91 Å². The Balaban J connectivity index is 1.32. The van der Waals surface area contributed by atoms with Gasteiger partial charge in [-0.3, -0.25) is 14.5 Å². The Labute approximate surface area is 184 Å². The number of carbonyl (C=O) groups excluding carboxylic acids is 2. The van der Waals surface area contributed by atoms with Gasteiger partial charge in [-0.05, 0) is 30.7 Å². The van der Waals surface area contributed by atoms with Gasteiger partial charge < -0.3 is 10.2 Å². The van der Waals surface area contributed by atoms with Crippen molar-refractivity contribution < 1.29 is 9.59 Å². The highest BCUT2D eigenvalue weighted by Crippen LogP contribution is 2.34. The maximum Gasteiger partial charge on any atom is 0.264 e. The number of amides is 2. The Morgan fingerprint density at radius 2 is 1.87 bits per heavy atom. The average Bonchev–Trinajstić information content (AvgIpc) is 3.41. The molecule has 2 amide bonds. The van der Waals surface area contributed by atoms with E-state index in [9.17, 15) is 9.59 Å². The second kappa shape index (κ2) is 9.68. The molecule has 4 rings (SSSR count). The van der Waals surface area contributed by atoms with Crippen molar-refractivity contribution in [2.24, 2.45) is 0 Å². The zero-order valence-electron chi connectivity index (χ0n) is 17.1. The summed E-state index contributed by atoms with van der Waals surface area (Å²) in [6.45, 7) is 6.00. The molecule has 1 fully saturated rings. The molecule has 1 saturated heterocycles. The molecule has 0 radical (unpaired) electrons. The number of thiophene rings is 1. The molecular formula is C22H26N4O2S2. The van der Waals surface area contributed by atoms with Gasteiger partial charge in [0.2, 0.25) is 5.91 Å². The van der Waals surface area contributed by atoms with Crippen molar-refractivity contribution >= 4 is 44.7 Å². The van der Waals surface area contributed by atoms with E-state index in [-0.39, 0.29) is 11.8 Å². The van der Waals surface area contributed by atoms with Gasteiger partial charge in [-0.2, -0.15) is 0 Å². The van der Waals surface area contributed by atoms with Crippen molar-refractivity contribution in [2.75, 3.05) is 39.3 Å². The van der Waals surface area contributed by atoms with Crippen LogP contribution in [0.4, 0.5) is 0 Å². The Morgan fingerprint density at radius 1 is 1.07 bits per heavy atom. The quantitative estimate of drug-likeness (QED) is 0.567. The largest absolute Gasteiger partial charge is 0.355 e. The van der Waals surface area contributed by atoms with Crippen molar-refractivity contribution in [1.29, 1.82) is 0 Å². The lowest BCUT2D eigenvalue weighted by Gasteiger charge is -2.34. The fourth-order valence-corrected chi connectivity index (χ4v) is 5.47. The van der Waals surface area contributed by atoms with Crippen LogP contribution in [0.5, 0.6) is 0 Å². The number of rotatable bonds is 7. The maximum absolute atomic E-state index is 12.9. The van der Waals surface area contributed by atoms with E-state index in [2.05, 4.69) is 23.2 Å². The number of hydrogen-bond acceptors (Lipinski definition) is 6. The molecule has 30 heavy (non-hydrogen) atoms. The van der Waals surface area contributed by atoms with Crippen molar-refractivity contribution in [3.63, 3.8) is 0 Å². The lowest BCUT2D eigenvalue weighted by Crippen LogP contribution is -2.51. The van der Waals surface area contributed by atoms with Crippen LogP contribution < -0.4 is 5.32 Å². The first-order chi connectivity index (χ1) is 14.6. The molecule has 0 saturated carbocycles. The number of hydrogen-bond donors (Lipinski definition) is 1. The second-order valence-corrected chi connectivity index (χ2v) is 9.54. The molecule has 6 nitrogen and oxygen atoms in total. The van der Waals surface area contributed by atoms with Crippen LogP contribution in [0.2, 0.25) is 0 Å². The smallest absolute Gasteiger partial charge is 0.264 e. The average molecular weight is 443 g/mol. The standard InChI is InChI=1S/C22H26N4O2S2/c1-2-3-10-23-20(27)15-25-11-13-26(14-12-25)22(28)19-9-8-18(29-19)21-24-16-6-4-5-7-17(16)30-21/h4-9H,2-3,10-15H2,1H3,(H,23,27). The fraction of sp³-hybridized carbons (Fsp3) is 0.409. The summed E-state index contributed by atoms with van der Waals surface area (Å²) in [7, 11) is 0. The summed E-state index contributed by atoms with van der Waals surface area (Å²) in [5.74, 6) is 0.140. The van der Waals surface area contributed by atoms with E-state index in [1.807, 2.05) is 35.2 Å². The second-order valence-electron chi connectivity index (χ2n) is 7.42. The van der Waals surface area contributed by atoms with Crippen LogP contribution >= 0.6 is 22.7 Å². The van der Waals surface area contributed by atoms with Crippen molar-refractivity contribution in [3.8, 4) is 9.88 Å². The molecule has 0 bridgehead atoms. The molecule has 1 aliphatic heterocycles. The summed E-state index contributed by atoms with van der Waals surface area (Å²) in [6.07, 6.45) is 2.08. The van der Waals surface area contributed by atoms with E-state index in [1.165, 1.54) is 11.3 Å². The van der Waals surface area contributed by atoms with Crippen LogP contribution in [0.25, 0.3) is 20.1 Å². The summed E-state index contributed by atoms with van der Waals surface area (Å²) in [5.41, 5.74) is 0.994. The molecule has 1 aliphatic rings. The molecule has 0 unspecified atom stereocenters. The van der Waals surface area contributed by atoms with Crippen molar-refractivity contribution in [2.45, 2.75) is 19.8 Å². The van der Waals surface area contributed by atoms with Crippen LogP contribution in [0.15, 0.2) is 36.4 Å². The van der Waals surface area contributed by atoms with Gasteiger partial charge in [0.15, 0.2) is 0 Å². The summed E-state index contributed by atoms with van der Waals surface area (Å²) in [5, 5.41) is 3.91. The first-order valence-electron chi connectivity index (χ1n) is 10.4. The van der Waals surface area contributed by atoms with E-state index >= 15 is 0 Å². The minimum Gasteiger partial charge on any atom is -0.355 e. The Kier molecular flexibility index (Phi) is 6.76. The molecule has 8 heteroatoms. The summed E-state index contributed by atoms with van der Waals surface area (Å²) < 4.78 is 1.16. The topological polar surface area (TPSA) is 65.5 Å². The molecule has 0 spiro atoms. The number of benzene rings is 1. The highest BCUT2D eigenvalue weighted by molar-refractivity contribution is 7.26. The van der Waals surface area contributed by atoms with E-state index in [0.29, 0.717) is 19.6 Å². The summed E-state index contributed by atoms with van der Waals surface area (Å²) in [6, 6.07) is 12.0. The first kappa shape index (κ1) is 21.0. The molecule has 2 aromatic heterocycles. The van der Waals surface area contributed by atoms with Crippen molar-refractivity contribution in [1.82, 2.24) is 20.1 Å². The van der Waals surface area contributed by atoms with Gasteiger partial charge >= 0.3 is 0 Å². The molecule has 3 aromatic rings. The zero-order chi connectivity index (χ0) is 20.9. The van der Waals surface area contributed by atoms with Crippen LogP contribution in [-0.4, -0.2) is 65.9 Å². The molecule has 0 atom stereocenters. The van der Waals surface area contributed by atoms with Gasteiger partial charge in [0, 0.05) is 32.7 Å². The van der Waals surface area contributed by atoms with E-state index < -0.39 is 0 Å². The van der Waals surface area contributed by atoms with Gasteiger partial charge in [-0.1, -0.05) is 25.5 Å². The minimum absolute atomic E-state index is 0.0689. The fourth-order valence-electron chi connectivity index (χ4n) is 3.47. The van der Waals surface area contributed by atoms with Crippen molar-refractivity contribution in [3.05, 3.63) is 41.3 Å². The predicted molar refractivity (Wildman–Crippen MR) is 123 cm³/mol. The van der Waals surface area contributed by atoms with Crippen LogP contribution in [0, 0.1) is 0 Å². The number of carbonyl (C=O) groups is 2. The Morgan fingerprint density at radius 3 is 2.63 bits per heavy atom. The number of piperazine rings is 1. The lowest BCUT2D eigenvalue weighted by molar-refractivity contribution is -0.122. The maximum atomic E-state index is 12.9.